The first kappa shape index (κ1) is 30.7. The van der Waals surface area contributed by atoms with Crippen LogP contribution in [0.4, 0.5) is 5.69 Å². The lowest BCUT2D eigenvalue weighted by Crippen LogP contribution is -2.17. The summed E-state index contributed by atoms with van der Waals surface area (Å²) in [5.41, 5.74) is 14.3. The predicted molar refractivity (Wildman–Crippen MR) is 196 cm³/mol. The van der Waals surface area contributed by atoms with E-state index in [1.165, 1.54) is 43.6 Å². The minimum atomic E-state index is 0.0559. The second kappa shape index (κ2) is 11.9. The van der Waals surface area contributed by atoms with Gasteiger partial charge in [-0.25, -0.2) is 4.98 Å². The molecule has 0 N–H and O–H groups in total. The van der Waals surface area contributed by atoms with E-state index >= 15 is 0 Å². The highest BCUT2D eigenvalue weighted by atomic mass is 32.1. The molecule has 0 fully saturated rings. The van der Waals surface area contributed by atoms with Crippen molar-refractivity contribution >= 4 is 33.5 Å². The maximum atomic E-state index is 5.22. The standard InChI is InChI=1S/C42H42N2S/c1-27-16-17-28(2)36(22-27)31-20-18-30(19-21-31)34-13-11-15-38-39(34)44-40(45-38)35-12-9-10-14-37(35)43-26-29-23-32(41(3,4)5)25-33(24-29)42(6,7)8/h9-26H,1-8H3. The fourth-order valence-corrected chi connectivity index (χ4v) is 6.70. The van der Waals surface area contributed by atoms with Crippen LogP contribution in [-0.2, 0) is 10.8 Å². The average Bonchev–Trinajstić information content (AvgIpc) is 3.45. The van der Waals surface area contributed by atoms with Crippen LogP contribution in [0.15, 0.2) is 108 Å². The van der Waals surface area contributed by atoms with Gasteiger partial charge in [-0.05, 0) is 94.0 Å². The van der Waals surface area contributed by atoms with E-state index < -0.39 is 0 Å². The molecule has 3 heteroatoms. The molecule has 2 nitrogen and oxygen atoms in total. The van der Waals surface area contributed by atoms with Crippen LogP contribution in [-0.4, -0.2) is 11.2 Å². The van der Waals surface area contributed by atoms with Crippen LogP contribution in [0.3, 0.4) is 0 Å². The van der Waals surface area contributed by atoms with Gasteiger partial charge in [-0.2, -0.15) is 0 Å². The Hall–Kier alpha value is -4.34. The Morgan fingerprint density at radius 3 is 1.91 bits per heavy atom. The number of para-hydroxylation sites is 2. The van der Waals surface area contributed by atoms with Gasteiger partial charge in [0.1, 0.15) is 5.01 Å². The largest absolute Gasteiger partial charge is 0.256 e. The van der Waals surface area contributed by atoms with E-state index in [1.807, 2.05) is 6.21 Å². The zero-order chi connectivity index (χ0) is 31.9. The molecule has 6 aromatic rings. The van der Waals surface area contributed by atoms with Crippen LogP contribution in [0.1, 0.15) is 69.4 Å². The van der Waals surface area contributed by atoms with Crippen molar-refractivity contribution in [1.82, 2.24) is 4.98 Å². The molecule has 0 amide bonds. The zero-order valence-corrected chi connectivity index (χ0v) is 28.5. The summed E-state index contributed by atoms with van der Waals surface area (Å²) in [5, 5.41) is 0.982. The Morgan fingerprint density at radius 1 is 0.622 bits per heavy atom. The lowest BCUT2D eigenvalue weighted by molar-refractivity contribution is 0.568. The summed E-state index contributed by atoms with van der Waals surface area (Å²) >= 11 is 1.73. The van der Waals surface area contributed by atoms with Gasteiger partial charge in [0.2, 0.25) is 0 Å². The van der Waals surface area contributed by atoms with Gasteiger partial charge in [-0.3, -0.25) is 4.99 Å². The maximum absolute atomic E-state index is 5.22. The summed E-state index contributed by atoms with van der Waals surface area (Å²) in [4.78, 5) is 10.3. The molecule has 5 aromatic carbocycles. The van der Waals surface area contributed by atoms with Crippen molar-refractivity contribution in [1.29, 1.82) is 0 Å². The van der Waals surface area contributed by atoms with Crippen molar-refractivity contribution < 1.29 is 0 Å². The van der Waals surface area contributed by atoms with Crippen LogP contribution in [0.2, 0.25) is 0 Å². The molecule has 0 bridgehead atoms. The van der Waals surface area contributed by atoms with E-state index in [0.717, 1.165) is 32.9 Å². The summed E-state index contributed by atoms with van der Waals surface area (Å²) < 4.78 is 1.17. The molecular formula is C42H42N2S. The van der Waals surface area contributed by atoms with Crippen molar-refractivity contribution in [3.05, 3.63) is 131 Å². The molecular weight excluding hydrogens is 565 g/mol. The molecule has 226 valence electrons. The van der Waals surface area contributed by atoms with Gasteiger partial charge in [0, 0.05) is 17.3 Å². The molecule has 0 unspecified atom stereocenters. The summed E-state index contributed by atoms with van der Waals surface area (Å²) in [5.74, 6) is 0. The summed E-state index contributed by atoms with van der Waals surface area (Å²) in [6.45, 7) is 17.9. The minimum Gasteiger partial charge on any atom is -0.256 e. The van der Waals surface area contributed by atoms with Crippen LogP contribution in [0.5, 0.6) is 0 Å². The van der Waals surface area contributed by atoms with Crippen molar-refractivity contribution in [3.8, 4) is 32.8 Å². The van der Waals surface area contributed by atoms with E-state index in [4.69, 9.17) is 9.98 Å². The fourth-order valence-electron chi connectivity index (χ4n) is 5.68. The van der Waals surface area contributed by atoms with Crippen LogP contribution in [0.25, 0.3) is 43.0 Å². The molecule has 0 spiro atoms. The average molecular weight is 607 g/mol. The number of aromatic nitrogens is 1. The number of rotatable bonds is 5. The molecule has 45 heavy (non-hydrogen) atoms. The second-order valence-corrected chi connectivity index (χ2v) is 15.2. The molecule has 0 aliphatic heterocycles. The lowest BCUT2D eigenvalue weighted by atomic mass is 9.79. The maximum Gasteiger partial charge on any atom is 0.126 e. The Labute approximate surface area is 272 Å². The van der Waals surface area contributed by atoms with Crippen molar-refractivity contribution in [2.45, 2.75) is 66.2 Å². The van der Waals surface area contributed by atoms with Gasteiger partial charge in [0.05, 0.1) is 15.9 Å². The number of hydrogen-bond acceptors (Lipinski definition) is 3. The topological polar surface area (TPSA) is 25.2 Å². The van der Waals surface area contributed by atoms with E-state index in [2.05, 4.69) is 159 Å². The summed E-state index contributed by atoms with van der Waals surface area (Å²) in [7, 11) is 0. The summed E-state index contributed by atoms with van der Waals surface area (Å²) in [6.07, 6.45) is 2.01. The normalized spacial score (nSPS) is 12.4. The number of hydrogen-bond donors (Lipinski definition) is 0. The monoisotopic (exact) mass is 606 g/mol. The Morgan fingerprint density at radius 2 is 1.24 bits per heavy atom. The molecule has 0 radical (unpaired) electrons. The SMILES string of the molecule is Cc1ccc(C)c(-c2ccc(-c3cccc4sc(-c5ccccc5N=Cc5cc(C(C)(C)C)cc(C(C)(C)C)c5)nc34)cc2)c1. The number of nitrogens with zero attached hydrogens (tertiary/aromatic N) is 2. The highest BCUT2D eigenvalue weighted by Gasteiger charge is 2.20. The first-order valence-electron chi connectivity index (χ1n) is 15.7. The Balaban J connectivity index is 1.36. The molecule has 6 rings (SSSR count). The molecule has 0 atom stereocenters. The van der Waals surface area contributed by atoms with Gasteiger partial charge in [-0.15, -0.1) is 11.3 Å². The summed E-state index contributed by atoms with van der Waals surface area (Å²) in [6, 6.07) is 37.3. The molecule has 0 saturated carbocycles. The smallest absolute Gasteiger partial charge is 0.126 e. The van der Waals surface area contributed by atoms with Crippen LogP contribution >= 0.6 is 11.3 Å². The highest BCUT2D eigenvalue weighted by Crippen LogP contribution is 2.40. The molecule has 0 aliphatic carbocycles. The third kappa shape index (κ3) is 6.55. The predicted octanol–water partition coefficient (Wildman–Crippen LogP) is 12.3. The first-order valence-corrected chi connectivity index (χ1v) is 16.6. The molecule has 1 aromatic heterocycles. The van der Waals surface area contributed by atoms with Gasteiger partial charge in [0.25, 0.3) is 0 Å². The van der Waals surface area contributed by atoms with Crippen molar-refractivity contribution in [2.24, 2.45) is 4.99 Å². The third-order valence-corrected chi connectivity index (χ3v) is 9.55. The van der Waals surface area contributed by atoms with Crippen LogP contribution in [0, 0.1) is 13.8 Å². The molecule has 1 heterocycles. The van der Waals surface area contributed by atoms with E-state index in [1.54, 1.807) is 11.3 Å². The fraction of sp³-hybridized carbons (Fsp3) is 0.238. The van der Waals surface area contributed by atoms with Gasteiger partial charge < -0.3 is 0 Å². The zero-order valence-electron chi connectivity index (χ0n) is 27.7. The Kier molecular flexibility index (Phi) is 8.09. The highest BCUT2D eigenvalue weighted by molar-refractivity contribution is 7.21. The second-order valence-electron chi connectivity index (χ2n) is 14.2. The number of benzene rings is 5. The van der Waals surface area contributed by atoms with E-state index in [-0.39, 0.29) is 10.8 Å². The van der Waals surface area contributed by atoms with Crippen molar-refractivity contribution in [3.63, 3.8) is 0 Å². The Bertz CT molecular complexity index is 2000. The minimum absolute atomic E-state index is 0.0559. The number of fused-ring (bicyclic) bond motifs is 1. The first-order chi connectivity index (χ1) is 21.4. The number of thiazole rings is 1. The van der Waals surface area contributed by atoms with Gasteiger partial charge in [-0.1, -0.05) is 120 Å². The molecule has 0 aliphatic rings. The quantitative estimate of drug-likeness (QED) is 0.179. The lowest BCUT2D eigenvalue weighted by Gasteiger charge is -2.25. The number of aliphatic imine (C=N–C) groups is 1. The van der Waals surface area contributed by atoms with Gasteiger partial charge >= 0.3 is 0 Å². The van der Waals surface area contributed by atoms with Crippen LogP contribution < -0.4 is 0 Å². The van der Waals surface area contributed by atoms with Gasteiger partial charge in [0.15, 0.2) is 0 Å². The van der Waals surface area contributed by atoms with E-state index in [0.29, 0.717) is 0 Å². The third-order valence-electron chi connectivity index (χ3n) is 8.49. The number of aryl methyl sites for hydroxylation is 2. The van der Waals surface area contributed by atoms with Crippen molar-refractivity contribution in [2.75, 3.05) is 0 Å². The van der Waals surface area contributed by atoms with E-state index in [9.17, 15) is 0 Å². The molecule has 0 saturated heterocycles.